The molecule has 0 aromatic heterocycles. The Kier molecular flexibility index (Phi) is 7.70. The summed E-state index contributed by atoms with van der Waals surface area (Å²) in [6, 6.07) is 0. The van der Waals surface area contributed by atoms with Crippen LogP contribution in [0.15, 0.2) is 0 Å². The van der Waals surface area contributed by atoms with E-state index in [9.17, 15) is 18.0 Å². The lowest BCUT2D eigenvalue weighted by molar-refractivity contribution is -0.128. The number of carbonyl (C=O) groups is 2. The van der Waals surface area contributed by atoms with Crippen molar-refractivity contribution in [3.8, 4) is 0 Å². The van der Waals surface area contributed by atoms with E-state index < -0.39 is 25.8 Å². The molecule has 3 rings (SSSR count). The van der Waals surface area contributed by atoms with Crippen LogP contribution in [-0.4, -0.2) is 43.0 Å². The average Bonchev–Trinajstić information content (AvgIpc) is 3.02. The van der Waals surface area contributed by atoms with E-state index in [2.05, 4.69) is 20.8 Å². The number of ketones is 2. The minimum Gasteiger partial charge on any atom is -0.299 e. The second-order valence-electron chi connectivity index (χ2n) is 10.9. The second kappa shape index (κ2) is 9.46. The molecule has 7 heteroatoms. The van der Waals surface area contributed by atoms with Crippen molar-refractivity contribution in [3.63, 3.8) is 0 Å². The van der Waals surface area contributed by atoms with Gasteiger partial charge in [0.1, 0.15) is 11.6 Å². The molecule has 31 heavy (non-hydrogen) atoms. The second-order valence-corrected chi connectivity index (χ2v) is 16.0. The fraction of sp³-hybridized carbons (Fsp3) is 0.917. The van der Waals surface area contributed by atoms with Gasteiger partial charge in [-0.3, -0.25) is 9.59 Å². The predicted molar refractivity (Wildman–Crippen MR) is 128 cm³/mol. The Morgan fingerprint density at radius 1 is 1.10 bits per heavy atom. The van der Waals surface area contributed by atoms with Gasteiger partial charge in [0.15, 0.2) is 0 Å². The Morgan fingerprint density at radius 2 is 1.77 bits per heavy atom. The Hall–Kier alpha value is -0.400. The molecule has 3 atom stereocenters. The van der Waals surface area contributed by atoms with E-state index in [1.54, 1.807) is 0 Å². The van der Waals surface area contributed by atoms with E-state index in [0.29, 0.717) is 19.3 Å². The highest BCUT2D eigenvalue weighted by Gasteiger charge is 2.65. The van der Waals surface area contributed by atoms with Crippen LogP contribution in [0.25, 0.3) is 0 Å². The number of fused-ring (bicyclic) bond motifs is 2. The number of rotatable bonds is 11. The first-order chi connectivity index (χ1) is 14.5. The number of hydrogen-bond donors (Lipinski definition) is 0. The summed E-state index contributed by atoms with van der Waals surface area (Å²) in [7, 11) is -6.03. The van der Waals surface area contributed by atoms with Crippen molar-refractivity contribution < 1.29 is 21.6 Å². The predicted octanol–water partition coefficient (Wildman–Crippen LogP) is 5.56. The van der Waals surface area contributed by atoms with Crippen molar-refractivity contribution >= 4 is 32.0 Å². The maximum atomic E-state index is 13.4. The summed E-state index contributed by atoms with van der Waals surface area (Å²) in [6.45, 7) is 6.21. The fourth-order valence-electron chi connectivity index (χ4n) is 6.40. The SMILES string of the molecule is CCCCCC(=O)CS(C)(OS(=O)(=O)CC12CCC(CC1=O)C2(C)C)C1CCCCC1. The maximum Gasteiger partial charge on any atom is 0.277 e. The quantitative estimate of drug-likeness (QED) is 0.366. The third-order valence-corrected chi connectivity index (χ3v) is 14.3. The van der Waals surface area contributed by atoms with Gasteiger partial charge in [0, 0.05) is 18.1 Å². The lowest BCUT2D eigenvalue weighted by atomic mass is 9.70. The Labute approximate surface area is 191 Å². The van der Waals surface area contributed by atoms with Crippen LogP contribution in [0, 0.1) is 16.7 Å². The third-order valence-electron chi connectivity index (χ3n) is 8.59. The lowest BCUT2D eigenvalue weighted by Crippen LogP contribution is -2.43. The molecule has 0 radical (unpaired) electrons. The Bertz CT molecular complexity index is 784. The Morgan fingerprint density at radius 3 is 2.32 bits per heavy atom. The van der Waals surface area contributed by atoms with Crippen molar-refractivity contribution in [1.29, 1.82) is 0 Å². The zero-order chi connectivity index (χ0) is 22.9. The molecule has 0 spiro atoms. The molecule has 0 aliphatic heterocycles. The molecule has 3 aliphatic rings. The zero-order valence-corrected chi connectivity index (χ0v) is 21.5. The van der Waals surface area contributed by atoms with E-state index in [1.165, 1.54) is 0 Å². The molecule has 3 aliphatic carbocycles. The summed E-state index contributed by atoms with van der Waals surface area (Å²) in [5.74, 6) is 0.497. The van der Waals surface area contributed by atoms with Crippen molar-refractivity contribution in [3.05, 3.63) is 0 Å². The van der Waals surface area contributed by atoms with Gasteiger partial charge in [-0.25, -0.2) is 3.63 Å². The average molecular weight is 475 g/mol. The normalized spacial score (nSPS) is 31.5. The number of Topliss-reactive ketones (excluding diaryl/α,β-unsaturated/α-hetero) is 2. The van der Waals surface area contributed by atoms with E-state index in [-0.39, 0.29) is 39.7 Å². The van der Waals surface area contributed by atoms with Gasteiger partial charge in [-0.05, 0) is 49.7 Å². The minimum absolute atomic E-state index is 0.0888. The highest BCUT2D eigenvalue weighted by molar-refractivity contribution is 8.33. The maximum absolute atomic E-state index is 13.4. The molecule has 0 amide bonds. The van der Waals surface area contributed by atoms with E-state index in [1.807, 2.05) is 6.26 Å². The van der Waals surface area contributed by atoms with Crippen LogP contribution in [0.1, 0.15) is 97.8 Å². The summed E-state index contributed by atoms with van der Waals surface area (Å²) in [5, 5.41) is 0.146. The van der Waals surface area contributed by atoms with Gasteiger partial charge in [0.05, 0.1) is 16.9 Å². The highest BCUT2D eigenvalue weighted by Crippen LogP contribution is 2.65. The van der Waals surface area contributed by atoms with Crippen molar-refractivity contribution in [1.82, 2.24) is 0 Å². The van der Waals surface area contributed by atoms with Crippen molar-refractivity contribution in [2.24, 2.45) is 16.7 Å². The van der Waals surface area contributed by atoms with Gasteiger partial charge in [0.25, 0.3) is 10.1 Å². The van der Waals surface area contributed by atoms with E-state index >= 15 is 0 Å². The Balaban J connectivity index is 1.79. The first-order valence-electron chi connectivity index (χ1n) is 12.2. The molecule has 0 aromatic rings. The van der Waals surface area contributed by atoms with Gasteiger partial charge in [-0.15, -0.1) is 10.3 Å². The van der Waals surface area contributed by atoms with Gasteiger partial charge in [0.2, 0.25) is 0 Å². The molecule has 180 valence electrons. The summed E-state index contributed by atoms with van der Waals surface area (Å²) in [4.78, 5) is 25.7. The largest absolute Gasteiger partial charge is 0.299 e. The van der Waals surface area contributed by atoms with Gasteiger partial charge >= 0.3 is 0 Å². The molecular weight excluding hydrogens is 432 g/mol. The van der Waals surface area contributed by atoms with Crippen LogP contribution in [0.4, 0.5) is 0 Å². The van der Waals surface area contributed by atoms with Gasteiger partial charge in [-0.1, -0.05) is 52.9 Å². The van der Waals surface area contributed by atoms with Crippen LogP contribution in [0.3, 0.4) is 0 Å². The van der Waals surface area contributed by atoms with E-state index in [4.69, 9.17) is 3.63 Å². The van der Waals surface area contributed by atoms with Crippen LogP contribution in [-0.2, 0) is 23.3 Å². The summed E-state index contributed by atoms with van der Waals surface area (Å²) in [5.41, 5.74) is -1.14. The first kappa shape index (κ1) is 25.2. The van der Waals surface area contributed by atoms with Crippen LogP contribution in [0.5, 0.6) is 0 Å². The van der Waals surface area contributed by atoms with Gasteiger partial charge < -0.3 is 0 Å². The minimum atomic E-state index is -3.93. The smallest absolute Gasteiger partial charge is 0.277 e. The van der Waals surface area contributed by atoms with Gasteiger partial charge in [-0.2, -0.15) is 8.42 Å². The molecule has 3 unspecified atom stereocenters. The summed E-state index contributed by atoms with van der Waals surface area (Å²) >= 11 is 0. The third kappa shape index (κ3) is 5.08. The summed E-state index contributed by atoms with van der Waals surface area (Å²) < 4.78 is 32.9. The molecule has 0 heterocycles. The zero-order valence-electron chi connectivity index (χ0n) is 19.9. The fourth-order valence-corrected chi connectivity index (χ4v) is 12.8. The van der Waals surface area contributed by atoms with Crippen LogP contribution >= 0.6 is 10.3 Å². The molecule has 0 saturated heterocycles. The standard InChI is InChI=1S/C24H42O5S2/c1-5-6-8-11-20(25)17-30(4,21-12-9-7-10-13-21)29-31(27,28)18-24-15-14-19(16-22(24)26)23(24,2)3/h19,21H,5-18H2,1-4H3. The van der Waals surface area contributed by atoms with E-state index in [0.717, 1.165) is 57.8 Å². The number of unbranched alkanes of at least 4 members (excludes halogenated alkanes) is 2. The lowest BCUT2D eigenvalue weighted by Gasteiger charge is -2.44. The molecule has 3 saturated carbocycles. The molecule has 2 bridgehead atoms. The molecule has 5 nitrogen and oxygen atoms in total. The van der Waals surface area contributed by atoms with Crippen LogP contribution < -0.4 is 0 Å². The van der Waals surface area contributed by atoms with Crippen LogP contribution in [0.2, 0.25) is 0 Å². The topological polar surface area (TPSA) is 77.5 Å². The first-order valence-corrected chi connectivity index (χ1v) is 16.0. The summed E-state index contributed by atoms with van der Waals surface area (Å²) in [6.07, 6.45) is 12.5. The highest BCUT2D eigenvalue weighted by atomic mass is 32.3. The monoisotopic (exact) mass is 474 g/mol. The van der Waals surface area contributed by atoms with Crippen molar-refractivity contribution in [2.75, 3.05) is 17.8 Å². The number of hydrogen-bond acceptors (Lipinski definition) is 5. The molecule has 3 fully saturated rings. The molecular formula is C24H42O5S2. The molecule has 0 N–H and O–H groups in total. The van der Waals surface area contributed by atoms with Crippen molar-refractivity contribution in [2.45, 2.75) is 103 Å². The number of carbonyl (C=O) groups excluding carboxylic acids is 2. The molecule has 0 aromatic carbocycles.